The third-order valence-electron chi connectivity index (χ3n) is 2.38. The summed E-state index contributed by atoms with van der Waals surface area (Å²) in [5.74, 6) is 1.68. The molecule has 5 nitrogen and oxygen atoms in total. The number of rotatable bonds is 5. The molecular weight excluding hydrogens is 230 g/mol. The molecule has 0 aliphatic rings. The van der Waals surface area contributed by atoms with Crippen LogP contribution in [0.15, 0.2) is 24.3 Å². The third kappa shape index (κ3) is 2.74. The van der Waals surface area contributed by atoms with Crippen LogP contribution in [0.1, 0.15) is 19.0 Å². The van der Waals surface area contributed by atoms with E-state index >= 15 is 0 Å². The fourth-order valence-electron chi connectivity index (χ4n) is 1.51. The summed E-state index contributed by atoms with van der Waals surface area (Å²) in [6.45, 7) is 4.59. The van der Waals surface area contributed by atoms with Crippen LogP contribution in [0.5, 0.6) is 17.4 Å². The Morgan fingerprint density at radius 1 is 1.33 bits per heavy atom. The van der Waals surface area contributed by atoms with Crippen molar-refractivity contribution < 1.29 is 9.47 Å². The van der Waals surface area contributed by atoms with Crippen LogP contribution >= 0.6 is 0 Å². The van der Waals surface area contributed by atoms with Crippen LogP contribution in [-0.4, -0.2) is 16.8 Å². The number of para-hydroxylation sites is 1. The second kappa shape index (κ2) is 5.44. The smallest absolute Gasteiger partial charge is 0.238 e. The Kier molecular flexibility index (Phi) is 3.72. The first-order chi connectivity index (χ1) is 8.70. The minimum atomic E-state index is 0.492. The summed E-state index contributed by atoms with van der Waals surface area (Å²) in [6.07, 6.45) is 0.934. The van der Waals surface area contributed by atoms with E-state index in [2.05, 4.69) is 10.2 Å². The van der Waals surface area contributed by atoms with Crippen LogP contribution in [0.4, 0.5) is 5.69 Å². The third-order valence-corrected chi connectivity index (χ3v) is 2.38. The van der Waals surface area contributed by atoms with Gasteiger partial charge >= 0.3 is 0 Å². The maximum absolute atomic E-state index is 5.99. The van der Waals surface area contributed by atoms with Crippen molar-refractivity contribution in [3.63, 3.8) is 0 Å². The molecule has 0 unspecified atom stereocenters. The number of aryl methyl sites for hydroxylation is 1. The van der Waals surface area contributed by atoms with Gasteiger partial charge in [0.15, 0.2) is 5.75 Å². The van der Waals surface area contributed by atoms with E-state index in [1.807, 2.05) is 26.0 Å². The first-order valence-electron chi connectivity index (χ1n) is 5.92. The van der Waals surface area contributed by atoms with Gasteiger partial charge in [-0.1, -0.05) is 13.0 Å². The van der Waals surface area contributed by atoms with Crippen LogP contribution in [-0.2, 0) is 0 Å². The number of nitrogens with one attached hydrogen (secondary N) is 1. The molecule has 0 radical (unpaired) electrons. The first kappa shape index (κ1) is 12.3. The van der Waals surface area contributed by atoms with Gasteiger partial charge in [-0.25, -0.2) is 0 Å². The minimum absolute atomic E-state index is 0.492. The van der Waals surface area contributed by atoms with Gasteiger partial charge in [-0.15, -0.1) is 5.10 Å². The molecule has 96 valence electrons. The highest BCUT2D eigenvalue weighted by Gasteiger charge is 2.09. The molecule has 0 spiro atoms. The molecule has 0 saturated heterocycles. The van der Waals surface area contributed by atoms with Crippen molar-refractivity contribution >= 4 is 5.69 Å². The van der Waals surface area contributed by atoms with Crippen molar-refractivity contribution in [1.29, 1.82) is 0 Å². The lowest BCUT2D eigenvalue weighted by Crippen LogP contribution is -2.00. The molecule has 3 N–H and O–H groups in total. The molecule has 1 heterocycles. The van der Waals surface area contributed by atoms with Gasteiger partial charge in [0.05, 0.1) is 6.61 Å². The van der Waals surface area contributed by atoms with Gasteiger partial charge in [0.2, 0.25) is 5.88 Å². The van der Waals surface area contributed by atoms with Crippen molar-refractivity contribution in [3.05, 3.63) is 30.0 Å². The molecule has 0 aliphatic carbocycles. The number of benzene rings is 1. The molecule has 0 fully saturated rings. The second-order valence-electron chi connectivity index (χ2n) is 4.01. The number of hydrogen-bond donors (Lipinski definition) is 2. The highest BCUT2D eigenvalue weighted by atomic mass is 16.5. The van der Waals surface area contributed by atoms with Crippen molar-refractivity contribution in [3.8, 4) is 17.4 Å². The number of aromatic nitrogens is 2. The molecule has 2 rings (SSSR count). The van der Waals surface area contributed by atoms with Crippen LogP contribution < -0.4 is 15.2 Å². The zero-order chi connectivity index (χ0) is 13.0. The predicted molar refractivity (Wildman–Crippen MR) is 70.0 cm³/mol. The van der Waals surface area contributed by atoms with Crippen LogP contribution in [0.25, 0.3) is 0 Å². The summed E-state index contributed by atoms with van der Waals surface area (Å²) in [5, 5.41) is 6.81. The molecule has 2 aromatic rings. The van der Waals surface area contributed by atoms with Gasteiger partial charge < -0.3 is 15.2 Å². The van der Waals surface area contributed by atoms with Crippen molar-refractivity contribution in [2.75, 3.05) is 12.3 Å². The van der Waals surface area contributed by atoms with E-state index in [0.29, 0.717) is 29.7 Å². The fourth-order valence-corrected chi connectivity index (χ4v) is 1.51. The number of aromatic amines is 1. The summed E-state index contributed by atoms with van der Waals surface area (Å²) in [7, 11) is 0. The maximum Gasteiger partial charge on any atom is 0.238 e. The number of hydrogen-bond acceptors (Lipinski definition) is 4. The van der Waals surface area contributed by atoms with E-state index in [1.54, 1.807) is 12.1 Å². The minimum Gasteiger partial charge on any atom is -0.491 e. The zero-order valence-electron chi connectivity index (χ0n) is 10.6. The fraction of sp³-hybridized carbons (Fsp3) is 0.308. The van der Waals surface area contributed by atoms with E-state index in [1.165, 1.54) is 0 Å². The van der Waals surface area contributed by atoms with Crippen LogP contribution in [0.2, 0.25) is 0 Å². The van der Waals surface area contributed by atoms with Crippen LogP contribution in [0, 0.1) is 6.92 Å². The Balaban J connectivity index is 2.17. The number of H-pyrrole nitrogens is 1. The summed E-state index contributed by atoms with van der Waals surface area (Å²) in [5.41, 5.74) is 7.42. The van der Waals surface area contributed by atoms with E-state index in [-0.39, 0.29) is 0 Å². The first-order valence-corrected chi connectivity index (χ1v) is 5.92. The van der Waals surface area contributed by atoms with Crippen molar-refractivity contribution in [2.24, 2.45) is 0 Å². The van der Waals surface area contributed by atoms with Crippen molar-refractivity contribution in [2.45, 2.75) is 20.3 Å². The summed E-state index contributed by atoms with van der Waals surface area (Å²) in [6, 6.07) is 7.26. The Hall–Kier alpha value is -2.17. The average Bonchev–Trinajstić information content (AvgIpc) is 2.76. The lowest BCUT2D eigenvalue weighted by molar-refractivity contribution is 0.317. The molecule has 0 amide bonds. The average molecular weight is 247 g/mol. The molecule has 0 saturated carbocycles. The lowest BCUT2D eigenvalue weighted by atomic mass is 10.2. The molecule has 0 atom stereocenters. The normalized spacial score (nSPS) is 10.3. The molecule has 1 aromatic carbocycles. The standard InChI is InChI=1S/C13H17N3O2/c1-3-7-17-10-5-4-6-11(13(10)14)18-12-8-9(2)15-16-12/h4-6,8H,3,7,14H2,1-2H3,(H,15,16). The summed E-state index contributed by atoms with van der Waals surface area (Å²) < 4.78 is 11.1. The molecular formula is C13H17N3O2. The summed E-state index contributed by atoms with van der Waals surface area (Å²) >= 11 is 0. The van der Waals surface area contributed by atoms with E-state index in [0.717, 1.165) is 12.1 Å². The van der Waals surface area contributed by atoms with E-state index < -0.39 is 0 Å². The summed E-state index contributed by atoms with van der Waals surface area (Å²) in [4.78, 5) is 0. The van der Waals surface area contributed by atoms with E-state index in [9.17, 15) is 0 Å². The SMILES string of the molecule is CCCOc1cccc(Oc2cc(C)[nH]n2)c1N. The van der Waals surface area contributed by atoms with Gasteiger partial charge in [-0.3, -0.25) is 5.10 Å². The quantitative estimate of drug-likeness (QED) is 0.797. The Morgan fingerprint density at radius 3 is 2.78 bits per heavy atom. The largest absolute Gasteiger partial charge is 0.491 e. The molecule has 18 heavy (non-hydrogen) atoms. The Bertz CT molecular complexity index is 523. The van der Waals surface area contributed by atoms with Gasteiger partial charge in [0.25, 0.3) is 0 Å². The van der Waals surface area contributed by atoms with Crippen molar-refractivity contribution in [1.82, 2.24) is 10.2 Å². The van der Waals surface area contributed by atoms with E-state index in [4.69, 9.17) is 15.2 Å². The molecule has 0 bridgehead atoms. The topological polar surface area (TPSA) is 73.2 Å². The van der Waals surface area contributed by atoms with Gasteiger partial charge in [-0.2, -0.15) is 0 Å². The Morgan fingerprint density at radius 2 is 2.11 bits per heavy atom. The highest BCUT2D eigenvalue weighted by Crippen LogP contribution is 2.34. The van der Waals surface area contributed by atoms with Gasteiger partial charge in [0, 0.05) is 11.8 Å². The number of anilines is 1. The molecule has 5 heteroatoms. The number of nitrogens with zero attached hydrogens (tertiary/aromatic N) is 1. The number of ether oxygens (including phenoxy) is 2. The highest BCUT2D eigenvalue weighted by molar-refractivity contribution is 5.63. The molecule has 0 aliphatic heterocycles. The van der Waals surface area contributed by atoms with Gasteiger partial charge in [-0.05, 0) is 25.5 Å². The number of nitrogens with two attached hydrogens (primary N) is 1. The maximum atomic E-state index is 5.99. The monoisotopic (exact) mass is 247 g/mol. The Labute approximate surface area is 106 Å². The predicted octanol–water partition coefficient (Wildman–Crippen LogP) is 2.88. The zero-order valence-corrected chi connectivity index (χ0v) is 10.6. The lowest BCUT2D eigenvalue weighted by Gasteiger charge is -2.11. The number of nitrogen functional groups attached to an aromatic ring is 1. The van der Waals surface area contributed by atoms with Gasteiger partial charge in [0.1, 0.15) is 11.4 Å². The second-order valence-corrected chi connectivity index (χ2v) is 4.01. The van der Waals surface area contributed by atoms with Crippen LogP contribution in [0.3, 0.4) is 0 Å². The molecule has 1 aromatic heterocycles.